The summed E-state index contributed by atoms with van der Waals surface area (Å²) in [5.41, 5.74) is 6.80. The number of nitrogens with zero attached hydrogens (tertiary/aromatic N) is 3. The zero-order valence-corrected chi connectivity index (χ0v) is 28.5. The molecule has 9 heteroatoms. The number of aliphatic imine (C=N–C) groups is 1. The highest BCUT2D eigenvalue weighted by Crippen LogP contribution is 2.55. The maximum Gasteiger partial charge on any atom is 0.258 e. The number of methoxy groups -OCH3 is 2. The SMILES string of the molecule is CCc1ccc(C2=CN3C(=O)c4cc(OC)c(OCCCOc5cc6c(cc5OC)C(=O)N5CC7(CC7)C[C@H]5C=N6)cc4CC[C@@H]3C2)cc1. The van der Waals surface area contributed by atoms with Crippen LogP contribution in [-0.4, -0.2) is 73.9 Å². The fourth-order valence-corrected chi connectivity index (χ4v) is 7.87. The van der Waals surface area contributed by atoms with E-state index >= 15 is 0 Å². The van der Waals surface area contributed by atoms with Gasteiger partial charge in [0.05, 0.1) is 44.7 Å². The van der Waals surface area contributed by atoms with Crippen molar-refractivity contribution in [2.24, 2.45) is 10.4 Å². The van der Waals surface area contributed by atoms with E-state index in [9.17, 15) is 9.59 Å². The molecule has 0 N–H and O–H groups in total. The lowest BCUT2D eigenvalue weighted by molar-refractivity contribution is 0.0765. The van der Waals surface area contributed by atoms with Gasteiger partial charge in [0, 0.05) is 43.1 Å². The molecule has 1 aliphatic carbocycles. The van der Waals surface area contributed by atoms with Crippen LogP contribution in [-0.2, 0) is 12.8 Å². The number of rotatable bonds is 10. The summed E-state index contributed by atoms with van der Waals surface area (Å²) in [4.78, 5) is 35.8. The molecule has 0 aromatic heterocycles. The van der Waals surface area contributed by atoms with Crippen LogP contribution in [0.15, 0.2) is 59.7 Å². The third-order valence-electron chi connectivity index (χ3n) is 10.9. The maximum absolute atomic E-state index is 13.8. The lowest BCUT2D eigenvalue weighted by Gasteiger charge is -2.21. The Morgan fingerprint density at radius 1 is 0.878 bits per heavy atom. The molecule has 254 valence electrons. The van der Waals surface area contributed by atoms with Gasteiger partial charge in [-0.1, -0.05) is 31.2 Å². The molecule has 0 unspecified atom stereocenters. The molecule has 0 bridgehead atoms. The third-order valence-corrected chi connectivity index (χ3v) is 10.9. The van der Waals surface area contributed by atoms with Crippen LogP contribution in [0.2, 0.25) is 0 Å². The first-order chi connectivity index (χ1) is 23.9. The molecule has 3 aromatic rings. The van der Waals surface area contributed by atoms with Gasteiger partial charge in [-0.05, 0) is 90.8 Å². The van der Waals surface area contributed by atoms with Gasteiger partial charge in [0.15, 0.2) is 23.0 Å². The van der Waals surface area contributed by atoms with Crippen molar-refractivity contribution in [2.75, 3.05) is 34.0 Å². The molecule has 8 rings (SSSR count). The zero-order chi connectivity index (χ0) is 33.7. The molecule has 2 amide bonds. The predicted molar refractivity (Wildman–Crippen MR) is 188 cm³/mol. The molecule has 4 heterocycles. The van der Waals surface area contributed by atoms with Gasteiger partial charge in [0.2, 0.25) is 0 Å². The molecule has 1 saturated carbocycles. The number of amides is 2. The van der Waals surface area contributed by atoms with E-state index in [-0.39, 0.29) is 23.9 Å². The topological polar surface area (TPSA) is 89.9 Å². The van der Waals surface area contributed by atoms with Crippen LogP contribution < -0.4 is 18.9 Å². The van der Waals surface area contributed by atoms with Crippen LogP contribution in [0.25, 0.3) is 5.57 Å². The predicted octanol–water partition coefficient (Wildman–Crippen LogP) is 7.03. The molecule has 9 nitrogen and oxygen atoms in total. The molecular weight excluding hydrogens is 618 g/mol. The highest BCUT2D eigenvalue weighted by Gasteiger charge is 2.53. The van der Waals surface area contributed by atoms with Crippen LogP contribution in [0.4, 0.5) is 5.69 Å². The van der Waals surface area contributed by atoms with Crippen LogP contribution in [0, 0.1) is 5.41 Å². The normalized spacial score (nSPS) is 21.3. The molecule has 3 aromatic carbocycles. The van der Waals surface area contributed by atoms with E-state index in [2.05, 4.69) is 31.2 Å². The molecule has 0 radical (unpaired) electrons. The number of benzene rings is 3. The van der Waals surface area contributed by atoms with Crippen molar-refractivity contribution in [3.63, 3.8) is 0 Å². The summed E-state index contributed by atoms with van der Waals surface area (Å²) >= 11 is 0. The first kappa shape index (κ1) is 31.5. The molecule has 4 aliphatic heterocycles. The van der Waals surface area contributed by atoms with Crippen LogP contribution in [0.3, 0.4) is 0 Å². The second-order valence-corrected chi connectivity index (χ2v) is 14.0. The summed E-state index contributed by atoms with van der Waals surface area (Å²) in [5.74, 6) is 2.22. The standard InChI is InChI=1S/C40H43N3O6/c1-4-25-6-8-26(9-7-25)28-16-29-11-10-27-17-36(34(46-2)18-31(27)38(44)42(29)23-28)48-14-5-15-49-37-20-33-32(19-35(37)47-3)39(45)43-24-40(12-13-40)21-30(43)22-41-33/h6-9,17-20,22-23,29-30H,4-5,10-16,21,24H2,1-3H3/t29-,30+/m1/s1. The second kappa shape index (κ2) is 12.6. The minimum absolute atomic E-state index is 0.00360. The Morgan fingerprint density at radius 3 is 2.29 bits per heavy atom. The average Bonchev–Trinajstić information content (AvgIpc) is 3.66. The van der Waals surface area contributed by atoms with Gasteiger partial charge in [-0.15, -0.1) is 0 Å². The van der Waals surface area contributed by atoms with Gasteiger partial charge in [-0.2, -0.15) is 0 Å². The fraction of sp³-hybridized carbons (Fsp3) is 0.425. The van der Waals surface area contributed by atoms with Crippen molar-refractivity contribution >= 4 is 29.3 Å². The number of fused-ring (bicyclic) bond motifs is 4. The highest BCUT2D eigenvalue weighted by molar-refractivity contribution is 6.03. The summed E-state index contributed by atoms with van der Waals surface area (Å²) < 4.78 is 23.6. The minimum atomic E-state index is 0.00360. The van der Waals surface area contributed by atoms with E-state index in [1.807, 2.05) is 34.3 Å². The van der Waals surface area contributed by atoms with E-state index in [1.165, 1.54) is 29.5 Å². The highest BCUT2D eigenvalue weighted by atomic mass is 16.5. The van der Waals surface area contributed by atoms with Gasteiger partial charge in [-0.25, -0.2) is 0 Å². The van der Waals surface area contributed by atoms with Gasteiger partial charge in [-0.3, -0.25) is 14.6 Å². The molecule has 49 heavy (non-hydrogen) atoms. The van der Waals surface area contributed by atoms with E-state index < -0.39 is 0 Å². The monoisotopic (exact) mass is 661 g/mol. The molecule has 2 atom stereocenters. The Morgan fingerprint density at radius 2 is 1.59 bits per heavy atom. The van der Waals surface area contributed by atoms with Gasteiger partial charge >= 0.3 is 0 Å². The Kier molecular flexibility index (Phi) is 8.08. The van der Waals surface area contributed by atoms with Crippen molar-refractivity contribution < 1.29 is 28.5 Å². The second-order valence-electron chi connectivity index (χ2n) is 14.0. The largest absolute Gasteiger partial charge is 0.493 e. The summed E-state index contributed by atoms with van der Waals surface area (Å²) in [6.07, 6.45) is 11.5. The Labute approximate surface area is 287 Å². The molecule has 5 aliphatic rings. The van der Waals surface area contributed by atoms with Gasteiger partial charge < -0.3 is 28.7 Å². The quantitative estimate of drug-likeness (QED) is 0.217. The van der Waals surface area contributed by atoms with Crippen LogP contribution >= 0.6 is 0 Å². The smallest absolute Gasteiger partial charge is 0.258 e. The number of carbonyl (C=O) groups excluding carboxylic acids is 2. The number of ether oxygens (including phenoxy) is 4. The number of hydrogen-bond donors (Lipinski definition) is 0. The summed E-state index contributed by atoms with van der Waals surface area (Å²) in [7, 11) is 3.18. The van der Waals surface area contributed by atoms with Crippen LogP contribution in [0.1, 0.15) is 82.9 Å². The van der Waals surface area contributed by atoms with Crippen LogP contribution in [0.5, 0.6) is 23.0 Å². The Hall–Kier alpha value is -4.79. The summed E-state index contributed by atoms with van der Waals surface area (Å²) in [6.45, 7) is 3.73. The van der Waals surface area contributed by atoms with Crippen molar-refractivity contribution in [1.29, 1.82) is 0 Å². The first-order valence-electron chi connectivity index (χ1n) is 17.5. The lowest BCUT2D eigenvalue weighted by atomic mass is 9.97. The number of carbonyl (C=O) groups is 2. The average molecular weight is 662 g/mol. The third kappa shape index (κ3) is 5.83. The van der Waals surface area contributed by atoms with Crippen molar-refractivity contribution in [3.05, 3.63) is 82.5 Å². The Balaban J connectivity index is 0.910. The molecule has 1 spiro atoms. The van der Waals surface area contributed by atoms with E-state index in [0.717, 1.165) is 44.2 Å². The maximum atomic E-state index is 13.8. The zero-order valence-electron chi connectivity index (χ0n) is 28.5. The van der Waals surface area contributed by atoms with E-state index in [0.29, 0.717) is 64.9 Å². The molecule has 2 fully saturated rings. The van der Waals surface area contributed by atoms with Crippen molar-refractivity contribution in [1.82, 2.24) is 9.80 Å². The van der Waals surface area contributed by atoms with Gasteiger partial charge in [0.1, 0.15) is 0 Å². The van der Waals surface area contributed by atoms with E-state index in [4.69, 9.17) is 23.9 Å². The van der Waals surface area contributed by atoms with Crippen molar-refractivity contribution in [3.8, 4) is 23.0 Å². The van der Waals surface area contributed by atoms with Crippen molar-refractivity contribution in [2.45, 2.75) is 70.4 Å². The molecular formula is C40H43N3O6. The summed E-state index contributed by atoms with van der Waals surface area (Å²) in [5, 5.41) is 0. The lowest BCUT2D eigenvalue weighted by Crippen LogP contribution is -2.35. The summed E-state index contributed by atoms with van der Waals surface area (Å²) in [6, 6.07) is 16.2. The molecule has 1 saturated heterocycles. The first-order valence-corrected chi connectivity index (χ1v) is 17.5. The number of aryl methyl sites for hydroxylation is 2. The minimum Gasteiger partial charge on any atom is -0.493 e. The van der Waals surface area contributed by atoms with E-state index in [1.54, 1.807) is 26.4 Å². The fourth-order valence-electron chi connectivity index (χ4n) is 7.87. The Bertz CT molecular complexity index is 1860. The number of hydrogen-bond acceptors (Lipinski definition) is 7. The van der Waals surface area contributed by atoms with Gasteiger partial charge in [0.25, 0.3) is 11.8 Å².